The van der Waals surface area contributed by atoms with Crippen molar-refractivity contribution in [3.63, 3.8) is 0 Å². The predicted molar refractivity (Wildman–Crippen MR) is 74.3 cm³/mol. The summed E-state index contributed by atoms with van der Waals surface area (Å²) in [5.74, 6) is 0. The molecule has 3 rings (SSSR count). The molecule has 3 aromatic rings. The molecule has 0 saturated carbocycles. The molecule has 20 heavy (non-hydrogen) atoms. The SMILES string of the molecule is O=C=S(=O)(c1ccccc1)n1cnc2c(Cl)ncnc21. The van der Waals surface area contributed by atoms with Gasteiger partial charge in [-0.1, -0.05) is 29.8 Å². The van der Waals surface area contributed by atoms with Crippen LogP contribution in [0.25, 0.3) is 11.2 Å². The molecule has 0 amide bonds. The molecule has 1 unspecified atom stereocenters. The summed E-state index contributed by atoms with van der Waals surface area (Å²) in [6, 6.07) is 8.31. The van der Waals surface area contributed by atoms with Crippen molar-refractivity contribution >= 4 is 37.7 Å². The van der Waals surface area contributed by atoms with E-state index in [1.807, 2.05) is 0 Å². The van der Waals surface area contributed by atoms with Gasteiger partial charge in [0, 0.05) is 0 Å². The number of rotatable bonds is 2. The zero-order chi connectivity index (χ0) is 14.2. The molecule has 8 heteroatoms. The minimum atomic E-state index is -3.28. The molecule has 1 aromatic carbocycles. The molecule has 0 saturated heterocycles. The van der Waals surface area contributed by atoms with E-state index in [2.05, 4.69) is 15.0 Å². The standard InChI is InChI=1S/C12H7ClN4O2S/c13-11-10-12(15-6-14-11)17(7-16-10)20(19,8-18)9-4-2-1-3-5-9/h1-7H. The molecule has 0 fully saturated rings. The van der Waals surface area contributed by atoms with Crippen LogP contribution in [-0.2, 0) is 14.5 Å². The fourth-order valence-electron chi connectivity index (χ4n) is 1.78. The maximum atomic E-state index is 12.9. The van der Waals surface area contributed by atoms with Crippen LogP contribution in [0.3, 0.4) is 0 Å². The third-order valence-corrected chi connectivity index (χ3v) is 4.95. The van der Waals surface area contributed by atoms with E-state index >= 15 is 0 Å². The molecule has 0 aliphatic heterocycles. The molecule has 6 nitrogen and oxygen atoms in total. The van der Waals surface area contributed by atoms with Crippen molar-refractivity contribution in [2.75, 3.05) is 0 Å². The van der Waals surface area contributed by atoms with E-state index in [-0.39, 0.29) is 16.3 Å². The lowest BCUT2D eigenvalue weighted by atomic mass is 10.4. The predicted octanol–water partition coefficient (Wildman–Crippen LogP) is 1.65. The Kier molecular flexibility index (Phi) is 3.02. The van der Waals surface area contributed by atoms with Gasteiger partial charge in [0.1, 0.15) is 18.2 Å². The van der Waals surface area contributed by atoms with Gasteiger partial charge < -0.3 is 0 Å². The molecule has 2 aromatic heterocycles. The average molecular weight is 307 g/mol. The monoisotopic (exact) mass is 306 g/mol. The van der Waals surface area contributed by atoms with Crippen molar-refractivity contribution in [3.8, 4) is 0 Å². The number of benzene rings is 1. The second kappa shape index (κ2) is 4.72. The van der Waals surface area contributed by atoms with E-state index < -0.39 is 9.71 Å². The van der Waals surface area contributed by atoms with Crippen LogP contribution in [0, 0.1) is 0 Å². The third-order valence-electron chi connectivity index (χ3n) is 2.71. The number of fused-ring (bicyclic) bond motifs is 1. The van der Waals surface area contributed by atoms with Gasteiger partial charge in [0.25, 0.3) is 0 Å². The number of aromatic nitrogens is 4. The highest BCUT2D eigenvalue weighted by atomic mass is 35.5. The van der Waals surface area contributed by atoms with Crippen molar-refractivity contribution in [3.05, 3.63) is 48.1 Å². The zero-order valence-corrected chi connectivity index (χ0v) is 11.5. The minimum Gasteiger partial charge on any atom is -0.231 e. The number of hydrogen-bond donors (Lipinski definition) is 0. The van der Waals surface area contributed by atoms with Crippen molar-refractivity contribution in [2.45, 2.75) is 4.90 Å². The molecular weight excluding hydrogens is 300 g/mol. The van der Waals surface area contributed by atoms with E-state index in [0.717, 1.165) is 0 Å². The van der Waals surface area contributed by atoms with Gasteiger partial charge in [0.05, 0.1) is 4.90 Å². The maximum absolute atomic E-state index is 12.9. The molecule has 0 spiro atoms. The normalized spacial score (nSPS) is 13.8. The summed E-state index contributed by atoms with van der Waals surface area (Å²) in [4.78, 5) is 23.4. The highest BCUT2D eigenvalue weighted by molar-refractivity contribution is 7.99. The van der Waals surface area contributed by atoms with E-state index in [1.54, 1.807) is 35.6 Å². The first-order valence-corrected chi connectivity index (χ1v) is 7.38. The van der Waals surface area contributed by atoms with Gasteiger partial charge in [-0.2, -0.15) is 0 Å². The number of carbonyl (C=O) groups excluding carboxylic acids is 1. The van der Waals surface area contributed by atoms with Crippen LogP contribution < -0.4 is 0 Å². The van der Waals surface area contributed by atoms with Gasteiger partial charge in [-0.15, -0.1) is 0 Å². The van der Waals surface area contributed by atoms with Gasteiger partial charge in [-0.3, -0.25) is 0 Å². The minimum absolute atomic E-state index is 0.134. The smallest absolute Gasteiger partial charge is 0.211 e. The Labute approximate surface area is 119 Å². The van der Waals surface area contributed by atoms with Gasteiger partial charge >= 0.3 is 0 Å². The van der Waals surface area contributed by atoms with Crippen LogP contribution in [0.5, 0.6) is 0 Å². The Morgan fingerprint density at radius 3 is 2.60 bits per heavy atom. The first-order chi connectivity index (χ1) is 9.66. The highest BCUT2D eigenvalue weighted by Crippen LogP contribution is 2.22. The molecule has 1 atom stereocenters. The Balaban J connectivity index is 2.38. The van der Waals surface area contributed by atoms with E-state index in [0.29, 0.717) is 4.90 Å². The fraction of sp³-hybridized carbons (Fsp3) is 0. The summed E-state index contributed by atoms with van der Waals surface area (Å²) >= 11 is 5.89. The topological polar surface area (TPSA) is 77.7 Å². The largest absolute Gasteiger partial charge is 0.231 e. The van der Waals surface area contributed by atoms with Crippen LogP contribution >= 0.6 is 11.6 Å². The third kappa shape index (κ3) is 1.80. The van der Waals surface area contributed by atoms with Gasteiger partial charge in [-0.25, -0.2) is 27.9 Å². The van der Waals surface area contributed by atoms with Gasteiger partial charge in [0.2, 0.25) is 5.23 Å². The molecular formula is C12H7ClN4O2S. The molecule has 100 valence electrons. The number of halogens is 1. The number of imidazole rings is 1. The van der Waals surface area contributed by atoms with E-state index in [1.165, 1.54) is 16.6 Å². The number of hydrogen-bond acceptors (Lipinski definition) is 5. The number of nitrogens with zero attached hydrogens (tertiary/aromatic N) is 4. The van der Waals surface area contributed by atoms with Crippen molar-refractivity contribution < 1.29 is 9.00 Å². The second-order valence-corrected chi connectivity index (χ2v) is 6.27. The lowest BCUT2D eigenvalue weighted by molar-refractivity contribution is 0.569. The summed E-state index contributed by atoms with van der Waals surface area (Å²) in [6.45, 7) is 0. The van der Waals surface area contributed by atoms with Crippen LogP contribution in [0.1, 0.15) is 0 Å². The molecule has 0 aliphatic rings. The molecule has 0 N–H and O–H groups in total. The Morgan fingerprint density at radius 2 is 1.90 bits per heavy atom. The Morgan fingerprint density at radius 1 is 1.15 bits per heavy atom. The Bertz CT molecular complexity index is 925. The van der Waals surface area contributed by atoms with Crippen molar-refractivity contribution in [1.29, 1.82) is 0 Å². The highest BCUT2D eigenvalue weighted by Gasteiger charge is 2.19. The van der Waals surface area contributed by atoms with Crippen LogP contribution in [0.4, 0.5) is 0 Å². The zero-order valence-electron chi connectivity index (χ0n) is 9.93. The lowest BCUT2D eigenvalue weighted by Gasteiger charge is -2.08. The molecule has 2 heterocycles. The summed E-state index contributed by atoms with van der Waals surface area (Å²) in [6.07, 6.45) is 2.48. The summed E-state index contributed by atoms with van der Waals surface area (Å²) in [5, 5.41) is 1.74. The Hall–Kier alpha value is -2.21. The average Bonchev–Trinajstić information content (AvgIpc) is 2.93. The first-order valence-electron chi connectivity index (χ1n) is 5.49. The second-order valence-electron chi connectivity index (χ2n) is 3.83. The molecule has 0 radical (unpaired) electrons. The van der Waals surface area contributed by atoms with Gasteiger partial charge in [0.15, 0.2) is 20.5 Å². The van der Waals surface area contributed by atoms with E-state index in [9.17, 15) is 9.00 Å². The van der Waals surface area contributed by atoms with Crippen LogP contribution in [-0.4, -0.2) is 28.4 Å². The summed E-state index contributed by atoms with van der Waals surface area (Å²) in [7, 11) is -3.28. The molecule has 0 bridgehead atoms. The maximum Gasteiger partial charge on any atom is 0.211 e. The fourth-order valence-corrected chi connectivity index (χ4v) is 3.44. The van der Waals surface area contributed by atoms with Crippen molar-refractivity contribution in [2.24, 2.45) is 0 Å². The molecule has 0 aliphatic carbocycles. The van der Waals surface area contributed by atoms with Crippen molar-refractivity contribution in [1.82, 2.24) is 18.9 Å². The van der Waals surface area contributed by atoms with Crippen LogP contribution in [0.15, 0.2) is 47.9 Å². The van der Waals surface area contributed by atoms with Crippen LogP contribution in [0.2, 0.25) is 5.15 Å². The van der Waals surface area contributed by atoms with E-state index in [4.69, 9.17) is 11.6 Å². The lowest BCUT2D eigenvalue weighted by Crippen LogP contribution is -2.13. The summed E-state index contributed by atoms with van der Waals surface area (Å²) < 4.78 is 14.1. The first kappa shape index (κ1) is 12.8. The summed E-state index contributed by atoms with van der Waals surface area (Å²) in [5.41, 5.74) is 0.510. The quantitative estimate of drug-likeness (QED) is 0.531. The van der Waals surface area contributed by atoms with Gasteiger partial charge in [-0.05, 0) is 12.1 Å².